The van der Waals surface area contributed by atoms with Gasteiger partial charge in [0.25, 0.3) is 0 Å². The quantitative estimate of drug-likeness (QED) is 0.855. The van der Waals surface area contributed by atoms with Crippen molar-refractivity contribution in [1.82, 2.24) is 9.88 Å². The number of amides is 1. The van der Waals surface area contributed by atoms with Gasteiger partial charge in [-0.15, -0.1) is 0 Å². The average Bonchev–Trinajstić information content (AvgIpc) is 2.46. The van der Waals surface area contributed by atoms with Crippen LogP contribution in [-0.4, -0.2) is 45.9 Å². The minimum atomic E-state index is -0.495. The predicted molar refractivity (Wildman–Crippen MR) is 86.6 cm³/mol. The van der Waals surface area contributed by atoms with Crippen LogP contribution in [0.1, 0.15) is 39.2 Å². The van der Waals surface area contributed by atoms with Gasteiger partial charge in [-0.05, 0) is 32.9 Å². The maximum Gasteiger partial charge on any atom is 0.410 e. The number of carbonyl (C=O) groups is 1. The zero-order valence-corrected chi connectivity index (χ0v) is 14.5. The Balaban J connectivity index is 1.90. The fraction of sp³-hybridized carbons (Fsp3) is 0.625. The highest BCUT2D eigenvalue weighted by atomic mass is 35.5. The van der Waals surface area contributed by atoms with Gasteiger partial charge >= 0.3 is 6.09 Å². The van der Waals surface area contributed by atoms with Crippen molar-refractivity contribution in [3.63, 3.8) is 0 Å². The van der Waals surface area contributed by atoms with E-state index in [1.807, 2.05) is 20.8 Å². The molecule has 0 aliphatic carbocycles. The Morgan fingerprint density at radius 2 is 2.04 bits per heavy atom. The second kappa shape index (κ2) is 7.36. The van der Waals surface area contributed by atoms with Crippen LogP contribution in [0.2, 0.25) is 5.15 Å². The van der Waals surface area contributed by atoms with Gasteiger partial charge in [-0.25, -0.2) is 9.78 Å². The van der Waals surface area contributed by atoms with E-state index in [0.29, 0.717) is 42.5 Å². The number of ether oxygens (including phenoxy) is 2. The van der Waals surface area contributed by atoms with Crippen LogP contribution in [0.15, 0.2) is 12.1 Å². The second-order valence-corrected chi connectivity index (χ2v) is 6.93. The molecule has 1 aromatic rings. The molecular weight excluding hydrogens is 320 g/mol. The zero-order chi connectivity index (χ0) is 17.0. The van der Waals surface area contributed by atoms with Gasteiger partial charge in [0.2, 0.25) is 5.88 Å². The number of rotatable bonds is 3. The lowest BCUT2D eigenvalue weighted by molar-refractivity contribution is 0.0121. The molecule has 6 nitrogen and oxygen atoms in total. The van der Waals surface area contributed by atoms with Crippen LogP contribution in [-0.2, 0) is 11.3 Å². The number of aliphatic hydroxyl groups excluding tert-OH is 1. The molecule has 2 heterocycles. The summed E-state index contributed by atoms with van der Waals surface area (Å²) in [7, 11) is 0. The van der Waals surface area contributed by atoms with Crippen LogP contribution in [0, 0.1) is 0 Å². The Kier molecular flexibility index (Phi) is 5.70. The first-order valence-electron chi connectivity index (χ1n) is 7.69. The van der Waals surface area contributed by atoms with E-state index in [4.69, 9.17) is 21.1 Å². The van der Waals surface area contributed by atoms with Gasteiger partial charge < -0.3 is 19.5 Å². The molecule has 1 saturated heterocycles. The lowest BCUT2D eigenvalue weighted by atomic mass is 10.1. The molecule has 0 atom stereocenters. The lowest BCUT2D eigenvalue weighted by Gasteiger charge is -2.33. The summed E-state index contributed by atoms with van der Waals surface area (Å²) in [6.45, 7) is 6.52. The molecule has 0 radical (unpaired) electrons. The van der Waals surface area contributed by atoms with Crippen molar-refractivity contribution in [3.05, 3.63) is 22.8 Å². The maximum absolute atomic E-state index is 12.0. The monoisotopic (exact) mass is 342 g/mol. The van der Waals surface area contributed by atoms with E-state index in [2.05, 4.69) is 4.98 Å². The molecule has 1 aliphatic heterocycles. The van der Waals surface area contributed by atoms with Crippen LogP contribution >= 0.6 is 11.6 Å². The van der Waals surface area contributed by atoms with Crippen LogP contribution in [0.4, 0.5) is 4.79 Å². The number of nitrogens with zero attached hydrogens (tertiary/aromatic N) is 2. The number of pyridine rings is 1. The number of aliphatic hydroxyl groups is 1. The van der Waals surface area contributed by atoms with Crippen molar-refractivity contribution in [2.24, 2.45) is 0 Å². The van der Waals surface area contributed by atoms with Gasteiger partial charge in [-0.2, -0.15) is 0 Å². The van der Waals surface area contributed by atoms with Gasteiger partial charge in [0.05, 0.1) is 6.61 Å². The van der Waals surface area contributed by atoms with Crippen LogP contribution < -0.4 is 4.74 Å². The summed E-state index contributed by atoms with van der Waals surface area (Å²) in [5.41, 5.74) is 0.106. The van der Waals surface area contributed by atoms with Crippen LogP contribution in [0.5, 0.6) is 5.88 Å². The third-order valence-corrected chi connectivity index (χ3v) is 3.66. The molecule has 1 fully saturated rings. The number of likely N-dealkylation sites (tertiary alicyclic amines) is 1. The fourth-order valence-electron chi connectivity index (χ4n) is 2.31. The Labute approximate surface area is 141 Å². The number of piperidine rings is 1. The predicted octanol–water partition coefficient (Wildman–Crippen LogP) is 3.01. The lowest BCUT2D eigenvalue weighted by Crippen LogP contribution is -2.44. The van der Waals surface area contributed by atoms with Gasteiger partial charge in [0.15, 0.2) is 0 Å². The number of aromatic nitrogens is 1. The topological polar surface area (TPSA) is 71.9 Å². The average molecular weight is 343 g/mol. The van der Waals surface area contributed by atoms with Gasteiger partial charge in [-0.3, -0.25) is 0 Å². The Morgan fingerprint density at radius 3 is 2.61 bits per heavy atom. The Morgan fingerprint density at radius 1 is 1.39 bits per heavy atom. The first-order valence-corrected chi connectivity index (χ1v) is 8.07. The fourth-order valence-corrected chi connectivity index (χ4v) is 2.45. The molecule has 1 N–H and O–H groups in total. The third kappa shape index (κ3) is 5.25. The number of halogens is 1. The highest BCUT2D eigenvalue weighted by Gasteiger charge is 2.28. The van der Waals surface area contributed by atoms with Crippen LogP contribution in [0.25, 0.3) is 0 Å². The highest BCUT2D eigenvalue weighted by molar-refractivity contribution is 6.29. The largest absolute Gasteiger partial charge is 0.474 e. The Hall–Kier alpha value is -1.53. The molecule has 1 aromatic heterocycles. The van der Waals surface area contributed by atoms with E-state index in [9.17, 15) is 9.90 Å². The number of carbonyl (C=O) groups excluding carboxylic acids is 1. The van der Waals surface area contributed by atoms with E-state index in [0.717, 1.165) is 0 Å². The third-order valence-electron chi connectivity index (χ3n) is 3.45. The van der Waals surface area contributed by atoms with Crippen molar-refractivity contribution >= 4 is 17.7 Å². The molecule has 128 valence electrons. The van der Waals surface area contributed by atoms with Gasteiger partial charge in [-0.1, -0.05) is 11.6 Å². The van der Waals surface area contributed by atoms with Crippen molar-refractivity contribution in [2.45, 2.75) is 51.9 Å². The van der Waals surface area contributed by atoms with E-state index >= 15 is 0 Å². The molecule has 7 heteroatoms. The van der Waals surface area contributed by atoms with Crippen molar-refractivity contribution < 1.29 is 19.4 Å². The second-order valence-electron chi connectivity index (χ2n) is 6.54. The molecule has 1 aliphatic rings. The van der Waals surface area contributed by atoms with E-state index in [1.165, 1.54) is 0 Å². The summed E-state index contributed by atoms with van der Waals surface area (Å²) in [6.07, 6.45) is 0.995. The SMILES string of the molecule is CC(C)(C)OC(=O)N1CCC(Oc2nc(Cl)ccc2CO)CC1. The van der Waals surface area contributed by atoms with Crippen molar-refractivity contribution in [1.29, 1.82) is 0 Å². The highest BCUT2D eigenvalue weighted by Crippen LogP contribution is 2.24. The summed E-state index contributed by atoms with van der Waals surface area (Å²) in [4.78, 5) is 17.8. The summed E-state index contributed by atoms with van der Waals surface area (Å²) in [5, 5.41) is 9.65. The minimum Gasteiger partial charge on any atom is -0.474 e. The molecule has 0 bridgehead atoms. The van der Waals surface area contributed by atoms with E-state index in [-0.39, 0.29) is 18.8 Å². The molecule has 0 saturated carbocycles. The summed E-state index contributed by atoms with van der Waals surface area (Å²) in [6, 6.07) is 3.31. The van der Waals surface area contributed by atoms with Crippen molar-refractivity contribution in [3.8, 4) is 5.88 Å². The smallest absolute Gasteiger partial charge is 0.410 e. The molecular formula is C16H23ClN2O4. The molecule has 2 rings (SSSR count). The summed E-state index contributed by atoms with van der Waals surface area (Å²) in [5.74, 6) is 0.357. The van der Waals surface area contributed by atoms with Gasteiger partial charge in [0, 0.05) is 31.5 Å². The number of hydrogen-bond donors (Lipinski definition) is 1. The molecule has 0 unspecified atom stereocenters. The van der Waals surface area contributed by atoms with Gasteiger partial charge in [0.1, 0.15) is 16.9 Å². The standard InChI is InChI=1S/C16H23ClN2O4/c1-16(2,3)23-15(21)19-8-6-12(7-9-19)22-14-11(10-20)4-5-13(17)18-14/h4-5,12,20H,6-10H2,1-3H3. The first kappa shape index (κ1) is 17.8. The summed E-state index contributed by atoms with van der Waals surface area (Å²) >= 11 is 5.88. The number of hydrogen-bond acceptors (Lipinski definition) is 5. The van der Waals surface area contributed by atoms with Crippen LogP contribution in [0.3, 0.4) is 0 Å². The summed E-state index contributed by atoms with van der Waals surface area (Å²) < 4.78 is 11.2. The Bertz CT molecular complexity index is 552. The molecule has 1 amide bonds. The maximum atomic E-state index is 12.0. The minimum absolute atomic E-state index is 0.0649. The van der Waals surface area contributed by atoms with Crippen molar-refractivity contribution in [2.75, 3.05) is 13.1 Å². The zero-order valence-electron chi connectivity index (χ0n) is 13.7. The van der Waals surface area contributed by atoms with E-state index < -0.39 is 5.60 Å². The first-order chi connectivity index (χ1) is 10.8. The molecule has 23 heavy (non-hydrogen) atoms. The molecule has 0 aromatic carbocycles. The molecule has 0 spiro atoms. The normalized spacial score (nSPS) is 16.3. The van der Waals surface area contributed by atoms with E-state index in [1.54, 1.807) is 17.0 Å².